The van der Waals surface area contributed by atoms with Crippen LogP contribution in [0.5, 0.6) is 0 Å². The number of carbonyl (C=O) groups is 1. The van der Waals surface area contributed by atoms with E-state index in [2.05, 4.69) is 34.1 Å². The fourth-order valence-electron chi connectivity index (χ4n) is 5.25. The number of aliphatic hydroxyl groups is 1. The van der Waals surface area contributed by atoms with Crippen molar-refractivity contribution >= 4 is 6.29 Å². The molecule has 0 aromatic heterocycles. The van der Waals surface area contributed by atoms with Crippen molar-refractivity contribution in [3.63, 3.8) is 0 Å². The fourth-order valence-corrected chi connectivity index (χ4v) is 5.25. The van der Waals surface area contributed by atoms with Crippen LogP contribution in [0.4, 0.5) is 0 Å². The first-order valence-electron chi connectivity index (χ1n) is 9.89. The minimum absolute atomic E-state index is 0.267. The molecule has 3 atom stereocenters. The Morgan fingerprint density at radius 2 is 1.88 bits per heavy atom. The topological polar surface area (TPSA) is 43.8 Å². The molecule has 3 fully saturated rings. The summed E-state index contributed by atoms with van der Waals surface area (Å²) in [7, 11) is 0. The molecule has 2 saturated heterocycles. The number of carbonyl (C=O) groups excluding carboxylic acids is 1. The SMILES string of the molecule is O=CCN1CC2CCC(O)(c3ccc(CCN4CCCC4)cc3)C2C1. The largest absolute Gasteiger partial charge is 0.385 e. The summed E-state index contributed by atoms with van der Waals surface area (Å²) < 4.78 is 0. The Morgan fingerprint density at radius 3 is 2.60 bits per heavy atom. The molecular formula is C21H30N2O2. The second-order valence-electron chi connectivity index (χ2n) is 8.21. The lowest BCUT2D eigenvalue weighted by Gasteiger charge is -2.31. The van der Waals surface area contributed by atoms with Gasteiger partial charge in [0.05, 0.1) is 12.1 Å². The van der Waals surface area contributed by atoms with Gasteiger partial charge in [0.15, 0.2) is 0 Å². The first-order valence-corrected chi connectivity index (χ1v) is 9.89. The van der Waals surface area contributed by atoms with E-state index in [9.17, 15) is 9.90 Å². The van der Waals surface area contributed by atoms with Crippen molar-refractivity contribution in [1.82, 2.24) is 9.80 Å². The number of benzene rings is 1. The molecule has 2 aliphatic heterocycles. The van der Waals surface area contributed by atoms with Gasteiger partial charge in [0, 0.05) is 25.6 Å². The Hall–Kier alpha value is -1.23. The maximum Gasteiger partial charge on any atom is 0.133 e. The molecule has 136 valence electrons. The van der Waals surface area contributed by atoms with Gasteiger partial charge in [-0.15, -0.1) is 0 Å². The second kappa shape index (κ2) is 7.18. The van der Waals surface area contributed by atoms with Crippen molar-refractivity contribution in [2.75, 3.05) is 39.3 Å². The molecule has 1 aromatic rings. The predicted molar refractivity (Wildman–Crippen MR) is 98.4 cm³/mol. The number of rotatable bonds is 6. The van der Waals surface area contributed by atoms with Gasteiger partial charge in [0.25, 0.3) is 0 Å². The summed E-state index contributed by atoms with van der Waals surface area (Å²) in [6.07, 6.45) is 6.68. The molecule has 1 N–H and O–H groups in total. The van der Waals surface area contributed by atoms with Crippen molar-refractivity contribution < 1.29 is 9.90 Å². The van der Waals surface area contributed by atoms with Crippen molar-refractivity contribution in [1.29, 1.82) is 0 Å². The van der Waals surface area contributed by atoms with Gasteiger partial charge in [-0.1, -0.05) is 24.3 Å². The van der Waals surface area contributed by atoms with Crippen LogP contribution in [0.2, 0.25) is 0 Å². The van der Waals surface area contributed by atoms with E-state index >= 15 is 0 Å². The number of hydrogen-bond acceptors (Lipinski definition) is 4. The van der Waals surface area contributed by atoms with E-state index in [0.29, 0.717) is 12.5 Å². The highest BCUT2D eigenvalue weighted by atomic mass is 16.3. The summed E-state index contributed by atoms with van der Waals surface area (Å²) in [5, 5.41) is 11.4. The third-order valence-electron chi connectivity index (χ3n) is 6.73. The van der Waals surface area contributed by atoms with E-state index in [1.807, 2.05) is 0 Å². The molecule has 4 rings (SSSR count). The zero-order valence-corrected chi connectivity index (χ0v) is 15.1. The van der Waals surface area contributed by atoms with E-state index in [1.165, 1.54) is 31.5 Å². The molecule has 3 aliphatic rings. The van der Waals surface area contributed by atoms with Crippen molar-refractivity contribution in [2.24, 2.45) is 11.8 Å². The minimum Gasteiger partial charge on any atom is -0.385 e. The molecule has 4 heteroatoms. The third kappa shape index (κ3) is 3.40. The molecule has 0 bridgehead atoms. The summed E-state index contributed by atoms with van der Waals surface area (Å²) in [5.74, 6) is 0.794. The molecule has 1 aromatic carbocycles. The van der Waals surface area contributed by atoms with E-state index in [4.69, 9.17) is 0 Å². The average Bonchev–Trinajstić information content (AvgIpc) is 3.33. The zero-order valence-electron chi connectivity index (χ0n) is 15.1. The highest BCUT2D eigenvalue weighted by Gasteiger charge is 2.52. The summed E-state index contributed by atoms with van der Waals surface area (Å²) in [6.45, 7) is 5.94. The maximum atomic E-state index is 11.4. The molecule has 3 unspecified atom stereocenters. The average molecular weight is 342 g/mol. The highest BCUT2D eigenvalue weighted by Crippen LogP contribution is 2.50. The molecule has 0 radical (unpaired) electrons. The van der Waals surface area contributed by atoms with Crippen LogP contribution in [-0.4, -0.2) is 60.5 Å². The number of hydrogen-bond donors (Lipinski definition) is 1. The minimum atomic E-state index is -0.713. The van der Waals surface area contributed by atoms with Crippen LogP contribution in [0.25, 0.3) is 0 Å². The van der Waals surface area contributed by atoms with Gasteiger partial charge in [-0.05, 0) is 62.2 Å². The van der Waals surface area contributed by atoms with Crippen LogP contribution in [0.1, 0.15) is 36.8 Å². The van der Waals surface area contributed by atoms with Gasteiger partial charge in [-0.25, -0.2) is 0 Å². The predicted octanol–water partition coefficient (Wildman–Crippen LogP) is 2.05. The van der Waals surface area contributed by atoms with Crippen molar-refractivity contribution in [2.45, 2.75) is 37.7 Å². The highest BCUT2D eigenvalue weighted by molar-refractivity contribution is 5.52. The van der Waals surface area contributed by atoms with Crippen LogP contribution < -0.4 is 0 Å². The molecule has 25 heavy (non-hydrogen) atoms. The first kappa shape index (κ1) is 17.2. The number of nitrogens with zero attached hydrogens (tertiary/aromatic N) is 2. The van der Waals surface area contributed by atoms with Gasteiger partial charge < -0.3 is 14.8 Å². The van der Waals surface area contributed by atoms with E-state index in [0.717, 1.165) is 50.7 Å². The number of aldehydes is 1. The molecule has 0 amide bonds. The Kier molecular flexibility index (Phi) is 4.94. The lowest BCUT2D eigenvalue weighted by Crippen LogP contribution is -2.35. The van der Waals surface area contributed by atoms with Gasteiger partial charge >= 0.3 is 0 Å². The normalized spacial score (nSPS) is 33.0. The lowest BCUT2D eigenvalue weighted by molar-refractivity contribution is -0.108. The Labute approximate surface area is 150 Å². The van der Waals surface area contributed by atoms with Crippen LogP contribution >= 0.6 is 0 Å². The Balaban J connectivity index is 1.41. The van der Waals surface area contributed by atoms with E-state index < -0.39 is 5.60 Å². The summed E-state index contributed by atoms with van der Waals surface area (Å²) in [5.41, 5.74) is 1.72. The maximum absolute atomic E-state index is 11.4. The van der Waals surface area contributed by atoms with E-state index in [1.54, 1.807) is 0 Å². The molecule has 1 saturated carbocycles. The fraction of sp³-hybridized carbons (Fsp3) is 0.667. The lowest BCUT2D eigenvalue weighted by atomic mass is 9.82. The molecule has 2 heterocycles. The van der Waals surface area contributed by atoms with Crippen LogP contribution in [0.3, 0.4) is 0 Å². The third-order valence-corrected chi connectivity index (χ3v) is 6.73. The van der Waals surface area contributed by atoms with Crippen molar-refractivity contribution in [3.8, 4) is 0 Å². The van der Waals surface area contributed by atoms with Crippen LogP contribution in [-0.2, 0) is 16.8 Å². The number of fused-ring (bicyclic) bond motifs is 1. The second-order valence-corrected chi connectivity index (χ2v) is 8.21. The summed E-state index contributed by atoms with van der Waals surface area (Å²) in [6, 6.07) is 8.69. The van der Waals surface area contributed by atoms with Crippen LogP contribution in [0.15, 0.2) is 24.3 Å². The van der Waals surface area contributed by atoms with E-state index in [-0.39, 0.29) is 5.92 Å². The van der Waals surface area contributed by atoms with Gasteiger partial charge in [0.1, 0.15) is 6.29 Å². The standard InChI is InChI=1S/C21H30N2O2/c24-14-13-23-15-18-7-9-21(25,20(18)16-23)19-5-3-17(4-6-19)8-12-22-10-1-2-11-22/h3-6,14,18,20,25H,1-2,7-13,15-16H2. The van der Waals surface area contributed by atoms with Gasteiger partial charge in [-0.2, -0.15) is 0 Å². The van der Waals surface area contributed by atoms with Crippen molar-refractivity contribution in [3.05, 3.63) is 35.4 Å². The summed E-state index contributed by atoms with van der Waals surface area (Å²) in [4.78, 5) is 15.5. The smallest absolute Gasteiger partial charge is 0.133 e. The monoisotopic (exact) mass is 342 g/mol. The number of likely N-dealkylation sites (tertiary alicyclic amines) is 2. The van der Waals surface area contributed by atoms with Gasteiger partial charge in [0.2, 0.25) is 0 Å². The Morgan fingerprint density at radius 1 is 1.12 bits per heavy atom. The first-order chi connectivity index (χ1) is 12.2. The summed E-state index contributed by atoms with van der Waals surface area (Å²) >= 11 is 0. The molecule has 0 spiro atoms. The Bertz CT molecular complexity index is 596. The van der Waals surface area contributed by atoms with Gasteiger partial charge in [-0.3, -0.25) is 4.90 Å². The molecule has 1 aliphatic carbocycles. The van der Waals surface area contributed by atoms with Crippen LogP contribution in [0, 0.1) is 11.8 Å². The molecule has 4 nitrogen and oxygen atoms in total. The zero-order chi connectivity index (χ0) is 17.3. The molecular weight excluding hydrogens is 312 g/mol. The quantitative estimate of drug-likeness (QED) is 0.804.